The molecule has 1 atom stereocenters. The predicted octanol–water partition coefficient (Wildman–Crippen LogP) is 6.42. The first kappa shape index (κ1) is 35.4. The van der Waals surface area contributed by atoms with E-state index in [1.807, 2.05) is 79.1 Å². The Morgan fingerprint density at radius 3 is 2.25 bits per heavy atom. The topological polar surface area (TPSA) is 105 Å². The van der Waals surface area contributed by atoms with Crippen molar-refractivity contribution in [2.45, 2.75) is 31.4 Å². The van der Waals surface area contributed by atoms with Crippen LogP contribution in [0.4, 0.5) is 0 Å². The number of fused-ring (bicyclic) bond motifs is 1. The Labute approximate surface area is 303 Å². The molecule has 0 fully saturated rings. The van der Waals surface area contributed by atoms with Crippen LogP contribution in [0.5, 0.6) is 11.5 Å². The largest absolute Gasteiger partial charge is 0.493 e. The van der Waals surface area contributed by atoms with Gasteiger partial charge in [0.05, 0.1) is 47.7 Å². The summed E-state index contributed by atoms with van der Waals surface area (Å²) >= 11 is 2.86. The Kier molecular flexibility index (Phi) is 11.2. The molecule has 0 N–H and O–H groups in total. The summed E-state index contributed by atoms with van der Waals surface area (Å²) in [6.07, 6.45) is 3.78. The van der Waals surface area contributed by atoms with Crippen molar-refractivity contribution in [3.05, 3.63) is 150 Å². The van der Waals surface area contributed by atoms with Crippen LogP contribution in [-0.4, -0.2) is 43.1 Å². The third kappa shape index (κ3) is 7.69. The molecule has 6 rings (SSSR count). The summed E-state index contributed by atoms with van der Waals surface area (Å²) in [5.74, 6) is 0.114. The SMILES string of the molecule is CCOC(=O)C1=C(c2ccccc2)N=c2s/c(=C\c3ccc(OCc4ccc(C(=O)OCC)cc4)c(OC)c3)c(=O)n2[C@H]1c1ccc(SC)cc1. The molecule has 260 valence electrons. The number of carbonyl (C=O) groups excluding carboxylic acids is 2. The molecule has 0 spiro atoms. The lowest BCUT2D eigenvalue weighted by molar-refractivity contribution is -0.138. The first-order valence-electron chi connectivity index (χ1n) is 16.3. The molecule has 9 nitrogen and oxygen atoms in total. The van der Waals surface area contributed by atoms with Crippen molar-refractivity contribution >= 4 is 46.8 Å². The lowest BCUT2D eigenvalue weighted by atomic mass is 9.93. The molecule has 4 aromatic carbocycles. The monoisotopic (exact) mass is 720 g/mol. The highest BCUT2D eigenvalue weighted by atomic mass is 32.2. The summed E-state index contributed by atoms with van der Waals surface area (Å²) in [5.41, 5.74) is 4.07. The maximum atomic E-state index is 14.3. The minimum absolute atomic E-state index is 0.177. The van der Waals surface area contributed by atoms with Crippen LogP contribution in [0.2, 0.25) is 0 Å². The number of benzene rings is 4. The van der Waals surface area contributed by atoms with Crippen LogP contribution in [0.25, 0.3) is 11.8 Å². The van der Waals surface area contributed by atoms with Crippen LogP contribution in [0, 0.1) is 0 Å². The minimum Gasteiger partial charge on any atom is -0.493 e. The Morgan fingerprint density at radius 1 is 0.882 bits per heavy atom. The van der Waals surface area contributed by atoms with Gasteiger partial charge in [0.25, 0.3) is 5.56 Å². The minimum atomic E-state index is -0.759. The number of ether oxygens (including phenoxy) is 4. The van der Waals surface area contributed by atoms with Gasteiger partial charge in [-0.05, 0) is 79.3 Å². The van der Waals surface area contributed by atoms with E-state index >= 15 is 0 Å². The van der Waals surface area contributed by atoms with E-state index in [1.165, 1.54) is 11.3 Å². The lowest BCUT2D eigenvalue weighted by Crippen LogP contribution is -2.40. The number of hydrogen-bond acceptors (Lipinski definition) is 10. The van der Waals surface area contributed by atoms with E-state index in [4.69, 9.17) is 23.9 Å². The summed E-state index contributed by atoms with van der Waals surface area (Å²) in [5, 5.41) is 0. The number of methoxy groups -OCH3 is 1. The van der Waals surface area contributed by atoms with Gasteiger partial charge in [-0.1, -0.05) is 72.0 Å². The van der Waals surface area contributed by atoms with E-state index in [0.29, 0.717) is 44.3 Å². The molecule has 0 unspecified atom stereocenters. The molecule has 5 aromatic rings. The number of thioether (sulfide) groups is 1. The summed E-state index contributed by atoms with van der Waals surface area (Å²) in [6, 6.07) is 29.0. The van der Waals surface area contributed by atoms with Crippen molar-refractivity contribution in [3.8, 4) is 11.5 Å². The van der Waals surface area contributed by atoms with Crippen LogP contribution >= 0.6 is 23.1 Å². The Balaban J connectivity index is 1.39. The highest BCUT2D eigenvalue weighted by molar-refractivity contribution is 7.98. The molecule has 51 heavy (non-hydrogen) atoms. The fourth-order valence-corrected chi connectivity index (χ4v) is 7.11. The molecule has 1 aliphatic rings. The summed E-state index contributed by atoms with van der Waals surface area (Å²) in [7, 11) is 1.55. The summed E-state index contributed by atoms with van der Waals surface area (Å²) in [6.45, 7) is 4.26. The van der Waals surface area contributed by atoms with Crippen molar-refractivity contribution in [2.24, 2.45) is 4.99 Å². The van der Waals surface area contributed by atoms with E-state index in [1.54, 1.807) is 67.6 Å². The van der Waals surface area contributed by atoms with Gasteiger partial charge < -0.3 is 18.9 Å². The van der Waals surface area contributed by atoms with Crippen LogP contribution in [0.1, 0.15) is 52.5 Å². The van der Waals surface area contributed by atoms with Gasteiger partial charge in [-0.2, -0.15) is 0 Å². The Hall–Kier alpha value is -5.39. The Bertz CT molecular complexity index is 2260. The average Bonchev–Trinajstić information content (AvgIpc) is 3.47. The predicted molar refractivity (Wildman–Crippen MR) is 199 cm³/mol. The third-order valence-corrected chi connectivity index (χ3v) is 9.88. The molecule has 11 heteroatoms. The maximum Gasteiger partial charge on any atom is 0.338 e. The van der Waals surface area contributed by atoms with Gasteiger partial charge in [-0.25, -0.2) is 14.6 Å². The Morgan fingerprint density at radius 2 is 1.59 bits per heavy atom. The van der Waals surface area contributed by atoms with Crippen molar-refractivity contribution in [1.29, 1.82) is 0 Å². The van der Waals surface area contributed by atoms with Crippen LogP contribution in [0.3, 0.4) is 0 Å². The zero-order valence-corrected chi connectivity index (χ0v) is 30.2. The first-order chi connectivity index (χ1) is 24.8. The van der Waals surface area contributed by atoms with Crippen molar-refractivity contribution in [2.75, 3.05) is 26.6 Å². The lowest BCUT2D eigenvalue weighted by Gasteiger charge is -2.26. The average molecular weight is 721 g/mol. The van der Waals surface area contributed by atoms with Gasteiger partial charge in [0.15, 0.2) is 16.3 Å². The standard InChI is InChI=1S/C40H36N2O7S2/c1-5-47-38(44)29-15-12-25(13-16-29)24-49-31-21-14-26(22-32(31)46-3)23-33-37(43)42-36(28-17-19-30(50-4)20-18-28)34(39(45)48-6-2)35(41-40(42)51-33)27-10-8-7-9-11-27/h7-23,36H,5-6,24H2,1-4H3/b33-23-/t36-/m0/s1. The third-order valence-electron chi connectivity index (χ3n) is 8.15. The number of nitrogens with zero attached hydrogens (tertiary/aromatic N) is 2. The molecule has 0 saturated carbocycles. The van der Waals surface area contributed by atoms with Crippen LogP contribution < -0.4 is 24.4 Å². The molecule has 1 aliphatic heterocycles. The van der Waals surface area contributed by atoms with E-state index in [2.05, 4.69) is 0 Å². The molecule has 0 aliphatic carbocycles. The number of thiazole rings is 1. The molecule has 0 radical (unpaired) electrons. The number of hydrogen-bond donors (Lipinski definition) is 0. The van der Waals surface area contributed by atoms with E-state index in [9.17, 15) is 14.4 Å². The van der Waals surface area contributed by atoms with Gasteiger partial charge in [0, 0.05) is 10.5 Å². The highest BCUT2D eigenvalue weighted by Gasteiger charge is 2.35. The van der Waals surface area contributed by atoms with Gasteiger partial charge in [0.1, 0.15) is 6.61 Å². The molecule has 0 amide bonds. The molecular formula is C40H36N2O7S2. The van der Waals surface area contributed by atoms with Gasteiger partial charge in [0.2, 0.25) is 0 Å². The highest BCUT2D eigenvalue weighted by Crippen LogP contribution is 2.36. The van der Waals surface area contributed by atoms with Gasteiger partial charge in [-0.15, -0.1) is 11.8 Å². The zero-order valence-electron chi connectivity index (χ0n) is 28.6. The number of esters is 2. The van der Waals surface area contributed by atoms with Crippen molar-refractivity contribution in [3.63, 3.8) is 0 Å². The van der Waals surface area contributed by atoms with Gasteiger partial charge in [-0.3, -0.25) is 9.36 Å². The second kappa shape index (κ2) is 16.1. The molecule has 1 aromatic heterocycles. The van der Waals surface area contributed by atoms with E-state index in [0.717, 1.165) is 27.1 Å². The maximum absolute atomic E-state index is 14.3. The van der Waals surface area contributed by atoms with Crippen LogP contribution in [0.15, 0.2) is 117 Å². The smallest absolute Gasteiger partial charge is 0.338 e. The number of carbonyl (C=O) groups is 2. The van der Waals surface area contributed by atoms with Gasteiger partial charge >= 0.3 is 11.9 Å². The van der Waals surface area contributed by atoms with Crippen molar-refractivity contribution in [1.82, 2.24) is 4.57 Å². The second-order valence-electron chi connectivity index (χ2n) is 11.3. The van der Waals surface area contributed by atoms with Crippen molar-refractivity contribution < 1.29 is 28.5 Å². The normalized spacial score (nSPS) is 14.0. The molecule has 0 bridgehead atoms. The quantitative estimate of drug-likeness (QED) is 0.107. The fraction of sp³-hybridized carbons (Fsp3) is 0.200. The first-order valence-corrected chi connectivity index (χ1v) is 18.4. The van der Waals surface area contributed by atoms with Crippen LogP contribution in [-0.2, 0) is 20.9 Å². The molecule has 0 saturated heterocycles. The number of aromatic nitrogens is 1. The second-order valence-corrected chi connectivity index (χ2v) is 13.2. The van der Waals surface area contributed by atoms with E-state index in [-0.39, 0.29) is 24.7 Å². The zero-order chi connectivity index (χ0) is 35.9. The van der Waals surface area contributed by atoms with E-state index < -0.39 is 12.0 Å². The number of rotatable bonds is 12. The fourth-order valence-electron chi connectivity index (χ4n) is 5.70. The molecular weight excluding hydrogens is 685 g/mol. The summed E-state index contributed by atoms with van der Waals surface area (Å²) < 4.78 is 24.4. The summed E-state index contributed by atoms with van der Waals surface area (Å²) in [4.78, 5) is 46.4. The molecule has 2 heterocycles.